The first-order valence-corrected chi connectivity index (χ1v) is 8.48. The Hall–Kier alpha value is -2.20. The van der Waals surface area contributed by atoms with Gasteiger partial charge in [-0.05, 0) is 35.2 Å². The van der Waals surface area contributed by atoms with E-state index in [4.69, 9.17) is 11.2 Å². The summed E-state index contributed by atoms with van der Waals surface area (Å²) >= 11 is 0. The van der Waals surface area contributed by atoms with Crippen molar-refractivity contribution >= 4 is 0 Å². The summed E-state index contributed by atoms with van der Waals surface area (Å²) in [5.41, 5.74) is 3.60. The first kappa shape index (κ1) is 18.6. The quantitative estimate of drug-likeness (QED) is 0.609. The molecule has 5 atom stereocenters. The van der Waals surface area contributed by atoms with Crippen molar-refractivity contribution in [3.05, 3.63) is 70.8 Å². The predicted octanol–water partition coefficient (Wildman–Crippen LogP) is 0.774. The minimum Gasteiger partial charge on any atom is -0.394 e. The Labute approximate surface area is 152 Å². The minimum absolute atomic E-state index is 0.442. The second kappa shape index (κ2) is 8.00. The van der Waals surface area contributed by atoms with Gasteiger partial charge in [0, 0.05) is 5.56 Å². The number of terminal acetylenes is 1. The Morgan fingerprint density at radius 1 is 0.923 bits per heavy atom. The SMILES string of the molecule is C#Cc1ccc(Cc2cccc([C@@H]3O[C@H](CO)[C@@H](O)[C@H](O)[C@H]3O)c2)cc1. The molecule has 4 N–H and O–H groups in total. The van der Waals surface area contributed by atoms with Gasteiger partial charge >= 0.3 is 0 Å². The second-order valence-electron chi connectivity index (χ2n) is 6.51. The molecular weight excluding hydrogens is 332 g/mol. The molecule has 0 bridgehead atoms. The van der Waals surface area contributed by atoms with Crippen molar-refractivity contribution in [3.8, 4) is 12.3 Å². The van der Waals surface area contributed by atoms with Crippen LogP contribution in [0.5, 0.6) is 0 Å². The molecule has 1 saturated heterocycles. The fraction of sp³-hybridized carbons (Fsp3) is 0.333. The molecule has 2 aromatic rings. The lowest BCUT2D eigenvalue weighted by Crippen LogP contribution is -2.55. The monoisotopic (exact) mass is 354 g/mol. The summed E-state index contributed by atoms with van der Waals surface area (Å²) in [6.45, 7) is -0.442. The van der Waals surface area contributed by atoms with Gasteiger partial charge in [0.05, 0.1) is 6.61 Å². The van der Waals surface area contributed by atoms with E-state index in [-0.39, 0.29) is 0 Å². The lowest BCUT2D eigenvalue weighted by molar-refractivity contribution is -0.231. The van der Waals surface area contributed by atoms with Gasteiger partial charge in [0.1, 0.15) is 30.5 Å². The van der Waals surface area contributed by atoms with E-state index in [9.17, 15) is 20.4 Å². The third-order valence-corrected chi connectivity index (χ3v) is 4.70. The highest BCUT2D eigenvalue weighted by Crippen LogP contribution is 2.32. The van der Waals surface area contributed by atoms with E-state index < -0.39 is 37.1 Å². The average Bonchev–Trinajstić information content (AvgIpc) is 2.67. The number of ether oxygens (including phenoxy) is 1. The number of aliphatic hydroxyl groups is 4. The number of benzene rings is 2. The largest absolute Gasteiger partial charge is 0.394 e. The lowest BCUT2D eigenvalue weighted by atomic mass is 9.90. The summed E-state index contributed by atoms with van der Waals surface area (Å²) in [4.78, 5) is 0. The third-order valence-electron chi connectivity index (χ3n) is 4.70. The number of rotatable bonds is 4. The molecule has 1 heterocycles. The molecule has 0 amide bonds. The van der Waals surface area contributed by atoms with E-state index in [1.165, 1.54) is 0 Å². The average molecular weight is 354 g/mol. The van der Waals surface area contributed by atoms with Gasteiger partial charge in [0.25, 0.3) is 0 Å². The molecule has 1 aliphatic heterocycles. The van der Waals surface area contributed by atoms with Gasteiger partial charge < -0.3 is 25.2 Å². The molecule has 5 heteroatoms. The standard InChI is InChI=1S/C21H22O5/c1-2-13-6-8-14(9-7-13)10-15-4-3-5-16(11-15)21-20(25)19(24)18(23)17(12-22)26-21/h1,3-9,11,17-25H,10,12H2/t17-,18-,19+,20-,21+/m1/s1. The summed E-state index contributed by atoms with van der Waals surface area (Å²) in [5.74, 6) is 2.58. The van der Waals surface area contributed by atoms with E-state index >= 15 is 0 Å². The van der Waals surface area contributed by atoms with Crippen molar-refractivity contribution in [2.75, 3.05) is 6.61 Å². The van der Waals surface area contributed by atoms with Gasteiger partial charge in [-0.2, -0.15) is 0 Å². The van der Waals surface area contributed by atoms with Gasteiger partial charge in [-0.3, -0.25) is 0 Å². The van der Waals surface area contributed by atoms with Crippen LogP contribution >= 0.6 is 0 Å². The molecule has 0 unspecified atom stereocenters. The maximum Gasteiger partial charge on any atom is 0.113 e. The van der Waals surface area contributed by atoms with Crippen LogP contribution in [0.3, 0.4) is 0 Å². The van der Waals surface area contributed by atoms with Crippen LogP contribution in [0.1, 0.15) is 28.4 Å². The first-order valence-electron chi connectivity index (χ1n) is 8.48. The Balaban J connectivity index is 1.80. The molecule has 0 saturated carbocycles. The van der Waals surface area contributed by atoms with Crippen LogP contribution in [0, 0.1) is 12.3 Å². The molecular formula is C21H22O5. The molecule has 136 valence electrons. The molecule has 0 aliphatic carbocycles. The normalized spacial score (nSPS) is 28.5. The van der Waals surface area contributed by atoms with E-state index in [2.05, 4.69) is 5.92 Å². The Bertz CT molecular complexity index is 778. The van der Waals surface area contributed by atoms with Crippen molar-refractivity contribution in [1.82, 2.24) is 0 Å². The summed E-state index contributed by atoms with van der Waals surface area (Å²) in [6.07, 6.45) is 0.281. The van der Waals surface area contributed by atoms with Crippen LogP contribution in [-0.2, 0) is 11.2 Å². The van der Waals surface area contributed by atoms with Crippen LogP contribution in [0.15, 0.2) is 48.5 Å². The zero-order chi connectivity index (χ0) is 18.7. The fourth-order valence-electron chi connectivity index (χ4n) is 3.21. The molecule has 0 spiro atoms. The summed E-state index contributed by atoms with van der Waals surface area (Å²) in [6, 6.07) is 15.2. The highest BCUT2D eigenvalue weighted by atomic mass is 16.5. The van der Waals surface area contributed by atoms with Crippen molar-refractivity contribution in [2.24, 2.45) is 0 Å². The van der Waals surface area contributed by atoms with E-state index in [1.807, 2.05) is 42.5 Å². The minimum atomic E-state index is -1.38. The zero-order valence-electron chi connectivity index (χ0n) is 14.2. The number of aliphatic hydroxyl groups excluding tert-OH is 4. The molecule has 26 heavy (non-hydrogen) atoms. The maximum absolute atomic E-state index is 10.3. The Kier molecular flexibility index (Phi) is 5.72. The van der Waals surface area contributed by atoms with Crippen molar-refractivity contribution in [3.63, 3.8) is 0 Å². The predicted molar refractivity (Wildman–Crippen MR) is 96.3 cm³/mol. The highest BCUT2D eigenvalue weighted by Gasteiger charge is 2.43. The van der Waals surface area contributed by atoms with Crippen molar-refractivity contribution in [1.29, 1.82) is 0 Å². The summed E-state index contributed by atoms with van der Waals surface area (Å²) < 4.78 is 5.62. The molecule has 0 radical (unpaired) electrons. The van der Waals surface area contributed by atoms with Gasteiger partial charge in [-0.15, -0.1) is 6.42 Å². The molecule has 5 nitrogen and oxygen atoms in total. The van der Waals surface area contributed by atoms with Crippen molar-refractivity contribution < 1.29 is 25.2 Å². The van der Waals surface area contributed by atoms with Crippen LogP contribution in [-0.4, -0.2) is 51.4 Å². The summed E-state index contributed by atoms with van der Waals surface area (Å²) in [7, 11) is 0. The Morgan fingerprint density at radius 3 is 2.31 bits per heavy atom. The van der Waals surface area contributed by atoms with Gasteiger partial charge in [-0.1, -0.05) is 42.3 Å². The molecule has 3 rings (SSSR count). The van der Waals surface area contributed by atoms with Gasteiger partial charge in [0.15, 0.2) is 0 Å². The van der Waals surface area contributed by atoms with E-state index in [1.54, 1.807) is 6.07 Å². The number of hydrogen-bond acceptors (Lipinski definition) is 5. The van der Waals surface area contributed by atoms with Crippen LogP contribution in [0.2, 0.25) is 0 Å². The topological polar surface area (TPSA) is 90.2 Å². The molecule has 0 aromatic heterocycles. The van der Waals surface area contributed by atoms with Gasteiger partial charge in [-0.25, -0.2) is 0 Å². The van der Waals surface area contributed by atoms with Crippen LogP contribution in [0.4, 0.5) is 0 Å². The fourth-order valence-corrected chi connectivity index (χ4v) is 3.21. The molecule has 1 fully saturated rings. The van der Waals surface area contributed by atoms with Crippen LogP contribution < -0.4 is 0 Å². The molecule has 1 aliphatic rings. The van der Waals surface area contributed by atoms with Gasteiger partial charge in [0.2, 0.25) is 0 Å². The zero-order valence-corrected chi connectivity index (χ0v) is 14.2. The lowest BCUT2D eigenvalue weighted by Gasteiger charge is -2.40. The first-order chi connectivity index (χ1) is 12.5. The second-order valence-corrected chi connectivity index (χ2v) is 6.51. The highest BCUT2D eigenvalue weighted by molar-refractivity contribution is 5.37. The molecule has 2 aromatic carbocycles. The van der Waals surface area contributed by atoms with Crippen molar-refractivity contribution in [2.45, 2.75) is 36.9 Å². The maximum atomic E-state index is 10.3. The Morgan fingerprint density at radius 2 is 1.65 bits per heavy atom. The number of hydrogen-bond donors (Lipinski definition) is 4. The van der Waals surface area contributed by atoms with Crippen LogP contribution in [0.25, 0.3) is 0 Å². The smallest absolute Gasteiger partial charge is 0.113 e. The van der Waals surface area contributed by atoms with E-state index in [0.29, 0.717) is 12.0 Å². The third kappa shape index (κ3) is 3.80. The van der Waals surface area contributed by atoms with E-state index in [0.717, 1.165) is 16.7 Å². The summed E-state index contributed by atoms with van der Waals surface area (Å²) in [5, 5.41) is 39.5.